The molecule has 0 fully saturated rings. The maximum Gasteiger partial charge on any atom is 0.269 e. The molecule has 10 heteroatoms. The van der Waals surface area contributed by atoms with Crippen molar-refractivity contribution in [2.24, 2.45) is 0 Å². The zero-order chi connectivity index (χ0) is 25.8. The van der Waals surface area contributed by atoms with Crippen LogP contribution in [0.5, 0.6) is 0 Å². The highest BCUT2D eigenvalue weighted by Gasteiger charge is 2.18. The first kappa shape index (κ1) is 25.1. The smallest absolute Gasteiger partial charge is 0.269 e. The lowest BCUT2D eigenvalue weighted by Gasteiger charge is -2.19. The van der Waals surface area contributed by atoms with Crippen LogP contribution in [-0.2, 0) is 5.75 Å². The van der Waals surface area contributed by atoms with Gasteiger partial charge in [0.25, 0.3) is 17.2 Å². The lowest BCUT2D eigenvalue weighted by molar-refractivity contribution is -0.384. The van der Waals surface area contributed by atoms with Crippen LogP contribution >= 0.6 is 11.8 Å². The predicted molar refractivity (Wildman–Crippen MR) is 137 cm³/mol. The van der Waals surface area contributed by atoms with Gasteiger partial charge >= 0.3 is 0 Å². The van der Waals surface area contributed by atoms with Gasteiger partial charge in [-0.1, -0.05) is 23.9 Å². The minimum Gasteiger partial charge on any atom is -0.339 e. The maximum atomic E-state index is 13.6. The van der Waals surface area contributed by atoms with Crippen LogP contribution in [0.15, 0.2) is 76.7 Å². The zero-order valence-electron chi connectivity index (χ0n) is 19.7. The van der Waals surface area contributed by atoms with Crippen LogP contribution in [0, 0.1) is 15.9 Å². The van der Waals surface area contributed by atoms with Gasteiger partial charge < -0.3 is 4.90 Å². The Morgan fingerprint density at radius 1 is 1.06 bits per heavy atom. The number of rotatable bonds is 8. The number of hydrogen-bond donors (Lipinski definition) is 0. The molecule has 0 unspecified atom stereocenters. The number of thioether (sulfide) groups is 1. The lowest BCUT2D eigenvalue weighted by Crippen LogP contribution is -2.30. The summed E-state index contributed by atoms with van der Waals surface area (Å²) in [4.78, 5) is 43.2. The molecular weight excluding hydrogens is 483 g/mol. The van der Waals surface area contributed by atoms with E-state index in [0.717, 1.165) is 5.56 Å². The summed E-state index contributed by atoms with van der Waals surface area (Å²) in [5.41, 5.74) is 1.70. The van der Waals surface area contributed by atoms with Crippen LogP contribution < -0.4 is 5.56 Å². The number of amides is 1. The molecule has 4 rings (SSSR count). The van der Waals surface area contributed by atoms with Crippen molar-refractivity contribution in [1.82, 2.24) is 14.5 Å². The molecule has 0 aliphatic heterocycles. The number of nitro groups is 1. The summed E-state index contributed by atoms with van der Waals surface area (Å²) in [5, 5.41) is 11.6. The van der Waals surface area contributed by atoms with E-state index in [2.05, 4.69) is 0 Å². The van der Waals surface area contributed by atoms with Crippen molar-refractivity contribution in [3.8, 4) is 5.69 Å². The van der Waals surface area contributed by atoms with Crippen LogP contribution in [0.2, 0.25) is 0 Å². The standard InChI is InChI=1S/C26H23FN4O4S/c1-3-29(4-2)24(32)18-7-14-22-23(15-18)28-26(30(25(22)33)20-12-8-19(27)9-13-20)36-16-17-5-10-21(11-6-17)31(34)35/h5-15H,3-4,16H2,1-2H3. The molecule has 0 atom stereocenters. The largest absolute Gasteiger partial charge is 0.339 e. The molecule has 0 saturated carbocycles. The number of carbonyl (C=O) groups is 1. The Balaban J connectivity index is 1.79. The number of hydrogen-bond acceptors (Lipinski definition) is 6. The van der Waals surface area contributed by atoms with E-state index in [0.29, 0.717) is 46.2 Å². The van der Waals surface area contributed by atoms with Crippen LogP contribution in [0.3, 0.4) is 0 Å². The Labute approximate surface area is 210 Å². The lowest BCUT2D eigenvalue weighted by atomic mass is 10.1. The molecule has 0 saturated heterocycles. The van der Waals surface area contributed by atoms with Crippen LogP contribution in [-0.4, -0.2) is 38.4 Å². The van der Waals surface area contributed by atoms with E-state index in [9.17, 15) is 24.1 Å². The maximum absolute atomic E-state index is 13.6. The second kappa shape index (κ2) is 10.7. The van der Waals surface area contributed by atoms with Gasteiger partial charge in [0.1, 0.15) is 5.82 Å². The van der Waals surface area contributed by atoms with E-state index in [1.54, 1.807) is 35.2 Å². The second-order valence-electron chi connectivity index (χ2n) is 7.93. The molecule has 0 aliphatic carbocycles. The van der Waals surface area contributed by atoms with Gasteiger partial charge in [-0.15, -0.1) is 0 Å². The molecule has 1 heterocycles. The SMILES string of the molecule is CCN(CC)C(=O)c1ccc2c(=O)n(-c3ccc(F)cc3)c(SCc3ccc([N+](=O)[O-])cc3)nc2c1. The fraction of sp³-hybridized carbons (Fsp3) is 0.192. The number of halogens is 1. The number of benzene rings is 3. The second-order valence-corrected chi connectivity index (χ2v) is 8.88. The van der Waals surface area contributed by atoms with Crippen molar-refractivity contribution in [2.45, 2.75) is 24.8 Å². The highest BCUT2D eigenvalue weighted by atomic mass is 32.2. The molecule has 4 aromatic rings. The van der Waals surface area contributed by atoms with Crippen molar-refractivity contribution >= 4 is 34.3 Å². The fourth-order valence-electron chi connectivity index (χ4n) is 3.77. The molecule has 184 valence electrons. The van der Waals surface area contributed by atoms with Crippen molar-refractivity contribution < 1.29 is 14.1 Å². The summed E-state index contributed by atoms with van der Waals surface area (Å²) < 4.78 is 15.0. The van der Waals surface area contributed by atoms with Crippen molar-refractivity contribution in [2.75, 3.05) is 13.1 Å². The number of aromatic nitrogens is 2. The first-order valence-corrected chi connectivity index (χ1v) is 12.3. The highest BCUT2D eigenvalue weighted by Crippen LogP contribution is 2.26. The quantitative estimate of drug-likeness (QED) is 0.141. The van der Waals surface area contributed by atoms with E-state index in [1.165, 1.54) is 52.7 Å². The fourth-order valence-corrected chi connectivity index (χ4v) is 4.74. The summed E-state index contributed by atoms with van der Waals surface area (Å²) in [6.07, 6.45) is 0. The van der Waals surface area contributed by atoms with Crippen LogP contribution in [0.4, 0.5) is 10.1 Å². The van der Waals surface area contributed by atoms with Gasteiger partial charge in [0.05, 0.1) is 21.5 Å². The zero-order valence-corrected chi connectivity index (χ0v) is 20.5. The Bertz CT molecular complexity index is 1480. The van der Waals surface area contributed by atoms with Gasteiger partial charge in [0.15, 0.2) is 5.16 Å². The topological polar surface area (TPSA) is 98.3 Å². The molecule has 0 N–H and O–H groups in total. The molecule has 8 nitrogen and oxygen atoms in total. The highest BCUT2D eigenvalue weighted by molar-refractivity contribution is 7.98. The Kier molecular flexibility index (Phi) is 7.44. The Morgan fingerprint density at radius 3 is 2.33 bits per heavy atom. The molecular formula is C26H23FN4O4S. The Morgan fingerprint density at radius 2 is 1.72 bits per heavy atom. The molecule has 0 spiro atoms. The van der Waals surface area contributed by atoms with Gasteiger partial charge in [0, 0.05) is 36.5 Å². The predicted octanol–water partition coefficient (Wildman–Crippen LogP) is 5.21. The third-order valence-electron chi connectivity index (χ3n) is 5.74. The van der Waals surface area contributed by atoms with Crippen molar-refractivity contribution in [3.63, 3.8) is 0 Å². The number of carbonyl (C=O) groups excluding carboxylic acids is 1. The van der Waals surface area contributed by atoms with Gasteiger partial charge in [-0.25, -0.2) is 9.37 Å². The monoisotopic (exact) mass is 506 g/mol. The Hall–Kier alpha value is -4.05. The number of nitrogens with zero attached hydrogens (tertiary/aromatic N) is 4. The minimum atomic E-state index is -0.467. The van der Waals surface area contributed by atoms with E-state index in [-0.39, 0.29) is 17.2 Å². The first-order valence-electron chi connectivity index (χ1n) is 11.3. The third-order valence-corrected chi connectivity index (χ3v) is 6.75. The first-order chi connectivity index (χ1) is 17.3. The normalized spacial score (nSPS) is 11.0. The summed E-state index contributed by atoms with van der Waals surface area (Å²) >= 11 is 1.26. The van der Waals surface area contributed by atoms with E-state index >= 15 is 0 Å². The average molecular weight is 507 g/mol. The van der Waals surface area contributed by atoms with Gasteiger partial charge in [-0.05, 0) is 61.9 Å². The summed E-state index contributed by atoms with van der Waals surface area (Å²) in [7, 11) is 0. The van der Waals surface area contributed by atoms with E-state index < -0.39 is 10.7 Å². The van der Waals surface area contributed by atoms with Crippen molar-refractivity contribution in [3.05, 3.63) is 104 Å². The van der Waals surface area contributed by atoms with Gasteiger partial charge in [-0.3, -0.25) is 24.3 Å². The molecule has 0 bridgehead atoms. The molecule has 1 amide bonds. The average Bonchev–Trinajstić information content (AvgIpc) is 2.89. The summed E-state index contributed by atoms with van der Waals surface area (Å²) in [5.74, 6) is -0.193. The van der Waals surface area contributed by atoms with Crippen LogP contribution in [0.25, 0.3) is 16.6 Å². The third kappa shape index (κ3) is 5.13. The number of non-ortho nitro benzene ring substituents is 1. The molecule has 3 aromatic carbocycles. The van der Waals surface area contributed by atoms with E-state index in [1.807, 2.05) is 13.8 Å². The number of nitro benzene ring substituents is 1. The minimum absolute atomic E-state index is 0.0128. The molecule has 1 aromatic heterocycles. The van der Waals surface area contributed by atoms with Crippen molar-refractivity contribution in [1.29, 1.82) is 0 Å². The molecule has 36 heavy (non-hydrogen) atoms. The summed E-state index contributed by atoms with van der Waals surface area (Å²) in [6, 6.07) is 16.5. The van der Waals surface area contributed by atoms with Crippen LogP contribution in [0.1, 0.15) is 29.8 Å². The van der Waals surface area contributed by atoms with Gasteiger partial charge in [-0.2, -0.15) is 0 Å². The molecule has 0 radical (unpaired) electrons. The van der Waals surface area contributed by atoms with Gasteiger partial charge in [0.2, 0.25) is 0 Å². The summed E-state index contributed by atoms with van der Waals surface area (Å²) in [6.45, 7) is 4.91. The number of fused-ring (bicyclic) bond motifs is 1. The van der Waals surface area contributed by atoms with E-state index in [4.69, 9.17) is 4.98 Å². The molecule has 0 aliphatic rings.